The molecule has 0 saturated heterocycles. The lowest BCUT2D eigenvalue weighted by atomic mass is 10.0. The van der Waals surface area contributed by atoms with Crippen molar-refractivity contribution in [3.63, 3.8) is 0 Å². The van der Waals surface area contributed by atoms with Crippen molar-refractivity contribution in [2.45, 2.75) is 31.3 Å². The van der Waals surface area contributed by atoms with Crippen LogP contribution >= 0.6 is 15.9 Å². The Labute approximate surface area is 134 Å². The van der Waals surface area contributed by atoms with Crippen molar-refractivity contribution in [2.75, 3.05) is 6.61 Å². The second kappa shape index (κ2) is 6.73. The largest absolute Gasteiger partial charge is 0.395 e. The van der Waals surface area contributed by atoms with Crippen LogP contribution in [0, 0.1) is 0 Å². The zero-order chi connectivity index (χ0) is 14.7. The fourth-order valence-corrected chi connectivity index (χ4v) is 3.72. The van der Waals surface area contributed by atoms with Crippen LogP contribution in [0.4, 0.5) is 0 Å². The van der Waals surface area contributed by atoms with Crippen LogP contribution in [-0.4, -0.2) is 17.8 Å². The van der Waals surface area contributed by atoms with Gasteiger partial charge in [0.2, 0.25) is 0 Å². The maximum Gasteiger partial charge on any atom is 0.0588 e. The van der Waals surface area contributed by atoms with Gasteiger partial charge < -0.3 is 10.4 Å². The Morgan fingerprint density at radius 1 is 1.14 bits per heavy atom. The molecule has 2 nitrogen and oxygen atoms in total. The van der Waals surface area contributed by atoms with Crippen molar-refractivity contribution in [2.24, 2.45) is 0 Å². The first-order chi connectivity index (χ1) is 10.3. The molecule has 0 heterocycles. The van der Waals surface area contributed by atoms with Crippen molar-refractivity contribution in [1.82, 2.24) is 5.32 Å². The molecule has 0 aromatic heterocycles. The highest BCUT2D eigenvalue weighted by Gasteiger charge is 2.25. The molecule has 1 aliphatic carbocycles. The minimum atomic E-state index is 0.0994. The van der Waals surface area contributed by atoms with Crippen LogP contribution in [0.25, 0.3) is 0 Å². The number of rotatable bonds is 5. The summed E-state index contributed by atoms with van der Waals surface area (Å²) in [6, 6.07) is 17.2. The first-order valence-corrected chi connectivity index (χ1v) is 8.25. The van der Waals surface area contributed by atoms with Gasteiger partial charge in [-0.15, -0.1) is 0 Å². The van der Waals surface area contributed by atoms with Gasteiger partial charge in [-0.1, -0.05) is 58.4 Å². The lowest BCUT2D eigenvalue weighted by molar-refractivity contribution is 0.230. The van der Waals surface area contributed by atoms with Crippen LogP contribution < -0.4 is 5.32 Å². The summed E-state index contributed by atoms with van der Waals surface area (Å²) in [7, 11) is 0. The van der Waals surface area contributed by atoms with Crippen LogP contribution in [0.1, 0.15) is 29.2 Å². The molecule has 0 aliphatic heterocycles. The lowest BCUT2D eigenvalue weighted by Gasteiger charge is -2.22. The number of benzene rings is 2. The Hall–Kier alpha value is -1.16. The van der Waals surface area contributed by atoms with E-state index in [-0.39, 0.29) is 12.6 Å². The van der Waals surface area contributed by atoms with Gasteiger partial charge in [0, 0.05) is 16.6 Å². The third kappa shape index (κ3) is 3.37. The summed E-state index contributed by atoms with van der Waals surface area (Å²) in [4.78, 5) is 0. The topological polar surface area (TPSA) is 32.3 Å². The average molecular weight is 346 g/mol. The highest BCUT2D eigenvalue weighted by atomic mass is 79.9. The van der Waals surface area contributed by atoms with Gasteiger partial charge >= 0.3 is 0 Å². The number of aliphatic hydroxyl groups is 1. The van der Waals surface area contributed by atoms with Crippen molar-refractivity contribution in [3.05, 3.63) is 69.7 Å². The predicted molar refractivity (Wildman–Crippen MR) is 89.4 cm³/mol. The zero-order valence-electron chi connectivity index (χ0n) is 11.9. The first kappa shape index (κ1) is 14.8. The summed E-state index contributed by atoms with van der Waals surface area (Å²) in [6.45, 7) is 0.161. The summed E-state index contributed by atoms with van der Waals surface area (Å²) in [5, 5.41) is 13.3. The molecule has 21 heavy (non-hydrogen) atoms. The van der Waals surface area contributed by atoms with Gasteiger partial charge in [-0.2, -0.15) is 0 Å². The van der Waals surface area contributed by atoms with Gasteiger partial charge in [0.05, 0.1) is 6.61 Å². The Kier molecular flexibility index (Phi) is 4.73. The van der Waals surface area contributed by atoms with Crippen LogP contribution in [0.5, 0.6) is 0 Å². The summed E-state index contributed by atoms with van der Waals surface area (Å²) in [6.07, 6.45) is 3.05. The monoisotopic (exact) mass is 345 g/mol. The molecule has 2 unspecified atom stereocenters. The van der Waals surface area contributed by atoms with Gasteiger partial charge in [-0.05, 0) is 42.0 Å². The van der Waals surface area contributed by atoms with E-state index < -0.39 is 0 Å². The number of nitrogens with one attached hydrogen (secondary N) is 1. The van der Waals surface area contributed by atoms with Crippen molar-refractivity contribution in [1.29, 1.82) is 0 Å². The first-order valence-electron chi connectivity index (χ1n) is 7.46. The molecular formula is C18H20BrNO. The van der Waals surface area contributed by atoms with E-state index >= 15 is 0 Å². The van der Waals surface area contributed by atoms with Gasteiger partial charge in [0.1, 0.15) is 0 Å². The molecular weight excluding hydrogens is 326 g/mol. The van der Waals surface area contributed by atoms with E-state index in [4.69, 9.17) is 0 Å². The SMILES string of the molecule is OCC(Cc1ccccc1)NC1CCc2c(Br)cccc21. The maximum absolute atomic E-state index is 9.68. The van der Waals surface area contributed by atoms with Crippen molar-refractivity contribution >= 4 is 15.9 Å². The number of hydrogen-bond acceptors (Lipinski definition) is 2. The van der Waals surface area contributed by atoms with E-state index in [0.717, 1.165) is 19.3 Å². The van der Waals surface area contributed by atoms with Crippen LogP contribution in [-0.2, 0) is 12.8 Å². The highest BCUT2D eigenvalue weighted by Crippen LogP contribution is 2.35. The van der Waals surface area contributed by atoms with Crippen LogP contribution in [0.15, 0.2) is 53.0 Å². The van der Waals surface area contributed by atoms with E-state index in [0.29, 0.717) is 6.04 Å². The van der Waals surface area contributed by atoms with E-state index in [1.165, 1.54) is 21.2 Å². The Morgan fingerprint density at radius 2 is 1.95 bits per heavy atom. The molecule has 0 saturated carbocycles. The summed E-state index contributed by atoms with van der Waals surface area (Å²) in [5.74, 6) is 0. The molecule has 0 radical (unpaired) electrons. The quantitative estimate of drug-likeness (QED) is 0.867. The third-order valence-electron chi connectivity index (χ3n) is 4.20. The number of hydrogen-bond donors (Lipinski definition) is 2. The van der Waals surface area contributed by atoms with E-state index in [1.54, 1.807) is 0 Å². The van der Waals surface area contributed by atoms with E-state index in [2.05, 4.69) is 51.6 Å². The molecule has 0 bridgehead atoms. The fourth-order valence-electron chi connectivity index (χ4n) is 3.14. The molecule has 0 fully saturated rings. The van der Waals surface area contributed by atoms with Gasteiger partial charge in [-0.3, -0.25) is 0 Å². The number of fused-ring (bicyclic) bond motifs is 1. The predicted octanol–water partition coefficient (Wildman–Crippen LogP) is 3.63. The number of aliphatic hydroxyl groups excluding tert-OH is 1. The Balaban J connectivity index is 1.70. The van der Waals surface area contributed by atoms with E-state index in [9.17, 15) is 5.11 Å². The van der Waals surface area contributed by atoms with Gasteiger partial charge in [-0.25, -0.2) is 0 Å². The molecule has 2 aromatic rings. The fraction of sp³-hybridized carbons (Fsp3) is 0.333. The summed E-state index contributed by atoms with van der Waals surface area (Å²) in [5.41, 5.74) is 4.04. The Morgan fingerprint density at radius 3 is 2.71 bits per heavy atom. The molecule has 3 rings (SSSR count). The molecule has 3 heteroatoms. The normalized spacial score (nSPS) is 18.5. The molecule has 2 aromatic carbocycles. The van der Waals surface area contributed by atoms with E-state index in [1.807, 2.05) is 18.2 Å². The second-order valence-electron chi connectivity index (χ2n) is 5.63. The molecule has 0 amide bonds. The minimum absolute atomic E-state index is 0.0994. The smallest absolute Gasteiger partial charge is 0.0588 e. The maximum atomic E-state index is 9.68. The van der Waals surface area contributed by atoms with Crippen molar-refractivity contribution in [3.8, 4) is 0 Å². The zero-order valence-corrected chi connectivity index (χ0v) is 13.5. The Bertz CT molecular complexity index is 599. The van der Waals surface area contributed by atoms with Crippen LogP contribution in [0.2, 0.25) is 0 Å². The van der Waals surface area contributed by atoms with Crippen LogP contribution in [0.3, 0.4) is 0 Å². The molecule has 1 aliphatic rings. The number of halogens is 1. The molecule has 2 atom stereocenters. The standard InChI is InChI=1S/C18H20BrNO/c19-17-8-4-7-16-15(17)9-10-18(16)20-14(12-21)11-13-5-2-1-3-6-13/h1-8,14,18,20-21H,9-12H2. The van der Waals surface area contributed by atoms with Gasteiger partial charge in [0.15, 0.2) is 0 Å². The minimum Gasteiger partial charge on any atom is -0.395 e. The molecule has 2 N–H and O–H groups in total. The third-order valence-corrected chi connectivity index (χ3v) is 4.94. The second-order valence-corrected chi connectivity index (χ2v) is 6.49. The molecule has 0 spiro atoms. The van der Waals surface area contributed by atoms with Crippen molar-refractivity contribution < 1.29 is 5.11 Å². The average Bonchev–Trinajstić information content (AvgIpc) is 2.92. The lowest BCUT2D eigenvalue weighted by Crippen LogP contribution is -2.36. The summed E-state index contributed by atoms with van der Waals surface area (Å²) < 4.78 is 1.20. The highest BCUT2D eigenvalue weighted by molar-refractivity contribution is 9.10. The molecule has 110 valence electrons. The van der Waals surface area contributed by atoms with Gasteiger partial charge in [0.25, 0.3) is 0 Å². The summed E-state index contributed by atoms with van der Waals surface area (Å²) >= 11 is 3.63.